The number of ketones is 1. The number of benzene rings is 1. The van der Waals surface area contributed by atoms with Gasteiger partial charge in [0.25, 0.3) is 0 Å². The predicted octanol–water partition coefficient (Wildman–Crippen LogP) is 3.50. The van der Waals surface area contributed by atoms with Crippen molar-refractivity contribution in [2.75, 3.05) is 0 Å². The Morgan fingerprint density at radius 3 is 2.76 bits per heavy atom. The molecule has 1 heterocycles. The van der Waals surface area contributed by atoms with E-state index in [-0.39, 0.29) is 38.0 Å². The average Bonchev–Trinajstić information content (AvgIpc) is 2.50. The zero-order valence-corrected chi connectivity index (χ0v) is 17.7. The second-order valence-electron chi connectivity index (χ2n) is 6.89. The third-order valence-electron chi connectivity index (χ3n) is 4.57. The SMILES string of the molecule is [CH2-]C(=O)[C@H](CCC(C)(C)CC)NC1NC(=O)Oc2cc(F)ccc21.[W]. The number of fused-ring (bicyclic) bond motifs is 1. The predicted molar refractivity (Wildman–Crippen MR) is 88.9 cm³/mol. The minimum atomic E-state index is -0.685. The number of halogens is 1. The van der Waals surface area contributed by atoms with Crippen LogP contribution < -0.4 is 15.4 Å². The minimum Gasteiger partial charge on any atom is -0.410 e. The van der Waals surface area contributed by atoms with Crippen molar-refractivity contribution in [1.29, 1.82) is 0 Å². The Kier molecular flexibility index (Phi) is 7.63. The van der Waals surface area contributed by atoms with Crippen molar-refractivity contribution in [2.45, 2.75) is 52.2 Å². The molecule has 0 saturated carbocycles. The van der Waals surface area contributed by atoms with Crippen molar-refractivity contribution in [3.8, 4) is 5.75 Å². The normalized spacial score (nSPS) is 17.6. The third kappa shape index (κ3) is 5.82. The fourth-order valence-corrected chi connectivity index (χ4v) is 2.54. The Morgan fingerprint density at radius 1 is 1.48 bits per heavy atom. The van der Waals surface area contributed by atoms with Gasteiger partial charge in [-0.2, -0.15) is 0 Å². The molecule has 0 aliphatic carbocycles. The van der Waals surface area contributed by atoms with Crippen molar-refractivity contribution in [1.82, 2.24) is 10.6 Å². The Hall–Kier alpha value is -1.39. The van der Waals surface area contributed by atoms with E-state index in [0.717, 1.165) is 18.9 Å². The smallest absolute Gasteiger partial charge is 0.410 e. The van der Waals surface area contributed by atoms with Crippen molar-refractivity contribution >= 4 is 11.9 Å². The summed E-state index contributed by atoms with van der Waals surface area (Å²) in [6.07, 6.45) is 1.14. The molecule has 0 saturated heterocycles. The summed E-state index contributed by atoms with van der Waals surface area (Å²) in [6, 6.07) is 3.47. The van der Waals surface area contributed by atoms with Gasteiger partial charge in [0.15, 0.2) is 0 Å². The number of ether oxygens (including phenoxy) is 1. The largest absolute Gasteiger partial charge is 0.414 e. The molecule has 1 unspecified atom stereocenters. The van der Waals surface area contributed by atoms with Crippen molar-refractivity contribution < 1.29 is 39.8 Å². The molecule has 138 valence electrons. The second-order valence-corrected chi connectivity index (χ2v) is 6.89. The van der Waals surface area contributed by atoms with E-state index in [1.807, 2.05) is 0 Å². The summed E-state index contributed by atoms with van der Waals surface area (Å²) in [4.78, 5) is 23.6. The number of Topliss-reactive ketones (excluding diaryl/α,β-unsaturated/α-hetero) is 1. The summed E-state index contributed by atoms with van der Waals surface area (Å²) in [5, 5.41) is 5.73. The first-order valence-electron chi connectivity index (χ1n) is 8.11. The van der Waals surface area contributed by atoms with Crippen LogP contribution in [0.3, 0.4) is 0 Å². The van der Waals surface area contributed by atoms with E-state index < -0.39 is 24.1 Å². The zero-order valence-electron chi connectivity index (χ0n) is 14.7. The topological polar surface area (TPSA) is 67.4 Å². The Morgan fingerprint density at radius 2 is 2.16 bits per heavy atom. The molecule has 1 aliphatic heterocycles. The third-order valence-corrected chi connectivity index (χ3v) is 4.57. The van der Waals surface area contributed by atoms with Gasteiger partial charge in [0.1, 0.15) is 17.7 Å². The minimum absolute atomic E-state index is 0. The number of amides is 1. The van der Waals surface area contributed by atoms with Gasteiger partial charge < -0.3 is 21.8 Å². The van der Waals surface area contributed by atoms with Crippen LogP contribution >= 0.6 is 0 Å². The number of nitrogens with one attached hydrogen (secondary N) is 2. The molecule has 2 atom stereocenters. The van der Waals surface area contributed by atoms with E-state index in [9.17, 15) is 14.0 Å². The summed E-state index contributed by atoms with van der Waals surface area (Å²) in [5.41, 5.74) is 0.701. The molecule has 1 aromatic carbocycles. The van der Waals surface area contributed by atoms with E-state index in [1.54, 1.807) is 0 Å². The molecule has 1 aliphatic rings. The summed E-state index contributed by atoms with van der Waals surface area (Å²) in [6.45, 7) is 9.91. The molecule has 1 amide bonds. The van der Waals surface area contributed by atoms with Crippen molar-refractivity contribution in [3.05, 3.63) is 36.5 Å². The van der Waals surface area contributed by atoms with E-state index in [4.69, 9.17) is 4.74 Å². The number of hydrogen-bond donors (Lipinski definition) is 2. The van der Waals surface area contributed by atoms with Crippen LogP contribution in [0.15, 0.2) is 18.2 Å². The molecule has 5 nitrogen and oxygen atoms in total. The first-order chi connectivity index (χ1) is 11.2. The van der Waals surface area contributed by atoms with Crippen LogP contribution in [0.25, 0.3) is 0 Å². The van der Waals surface area contributed by atoms with Gasteiger partial charge >= 0.3 is 6.09 Å². The molecule has 0 fully saturated rings. The van der Waals surface area contributed by atoms with Crippen LogP contribution in [0, 0.1) is 18.2 Å². The molecule has 2 rings (SSSR count). The molecule has 0 radical (unpaired) electrons. The fraction of sp³-hybridized carbons (Fsp3) is 0.500. The molecule has 0 aromatic heterocycles. The summed E-state index contributed by atoms with van der Waals surface area (Å²) in [5.74, 6) is -0.580. The monoisotopic (exact) mass is 519 g/mol. The van der Waals surface area contributed by atoms with E-state index in [0.29, 0.717) is 12.0 Å². The number of hydrogen-bond acceptors (Lipinski definition) is 4. The average molecular weight is 519 g/mol. The second kappa shape index (κ2) is 8.81. The molecular formula is C18H24FN2O3W-. The fourth-order valence-electron chi connectivity index (χ4n) is 2.54. The van der Waals surface area contributed by atoms with Crippen LogP contribution in [-0.2, 0) is 25.9 Å². The van der Waals surface area contributed by atoms with Gasteiger partial charge in [0.05, 0.1) is 0 Å². The maximum Gasteiger partial charge on any atom is 0.414 e. The first kappa shape index (κ1) is 21.7. The van der Waals surface area contributed by atoms with Crippen molar-refractivity contribution in [2.24, 2.45) is 5.41 Å². The van der Waals surface area contributed by atoms with Gasteiger partial charge in [-0.15, -0.1) is 0 Å². The Bertz CT molecular complexity index is 637. The van der Waals surface area contributed by atoms with E-state index >= 15 is 0 Å². The van der Waals surface area contributed by atoms with Gasteiger partial charge in [-0.3, -0.25) is 5.32 Å². The summed E-state index contributed by atoms with van der Waals surface area (Å²) < 4.78 is 18.3. The molecule has 2 N–H and O–H groups in total. The first-order valence-corrected chi connectivity index (χ1v) is 8.11. The summed E-state index contributed by atoms with van der Waals surface area (Å²) in [7, 11) is 0. The molecule has 0 spiro atoms. The van der Waals surface area contributed by atoms with Crippen LogP contribution in [0.2, 0.25) is 0 Å². The Balaban J connectivity index is 0.00000312. The molecule has 25 heavy (non-hydrogen) atoms. The van der Waals surface area contributed by atoms with Crippen LogP contribution in [0.4, 0.5) is 9.18 Å². The van der Waals surface area contributed by atoms with Gasteiger partial charge in [0.2, 0.25) is 0 Å². The van der Waals surface area contributed by atoms with Crippen LogP contribution in [0.1, 0.15) is 51.8 Å². The molecule has 7 heteroatoms. The van der Waals surface area contributed by atoms with E-state index in [2.05, 4.69) is 38.3 Å². The van der Waals surface area contributed by atoms with Gasteiger partial charge in [-0.1, -0.05) is 27.2 Å². The molecular weight excluding hydrogens is 495 g/mol. The summed E-state index contributed by atoms with van der Waals surface area (Å²) >= 11 is 0. The maximum absolute atomic E-state index is 13.3. The van der Waals surface area contributed by atoms with Gasteiger partial charge in [-0.25, -0.2) is 9.18 Å². The molecule has 1 aromatic rings. The number of rotatable bonds is 7. The van der Waals surface area contributed by atoms with E-state index in [1.165, 1.54) is 12.1 Å². The van der Waals surface area contributed by atoms with Gasteiger partial charge in [0, 0.05) is 44.5 Å². The van der Waals surface area contributed by atoms with Crippen molar-refractivity contribution in [3.63, 3.8) is 0 Å². The standard InChI is InChI=1S/C18H24FN2O3.W/c1-5-18(3,4)9-8-14(11(2)22)20-16-13-7-6-12(19)10-15(13)24-17(23)21-16;/h6-7,10,14,16,20H,2,5,8-9H2,1,3-4H3,(H,21,23);/q-1;/t14-,16?;/m0./s1. The number of carbonyl (C=O) groups excluding carboxylic acids is 2. The van der Waals surface area contributed by atoms with Crippen LogP contribution in [0.5, 0.6) is 5.75 Å². The quantitative estimate of drug-likeness (QED) is 0.542. The van der Waals surface area contributed by atoms with Gasteiger partial charge in [-0.05, 0) is 30.4 Å². The van der Waals surface area contributed by atoms with Crippen LogP contribution in [-0.4, -0.2) is 17.9 Å². The zero-order chi connectivity index (χ0) is 17.9. The maximum atomic E-state index is 13.3. The Labute approximate surface area is 162 Å². The number of carbonyl (C=O) groups is 2. The molecule has 0 bridgehead atoms.